The highest BCUT2D eigenvalue weighted by atomic mass is 35.5. The molecule has 0 saturated carbocycles. The second-order valence-electron chi connectivity index (χ2n) is 8.04. The number of ether oxygens (including phenoxy) is 3. The highest BCUT2D eigenvalue weighted by Gasteiger charge is 2.50. The van der Waals surface area contributed by atoms with Crippen LogP contribution in [0.15, 0.2) is 54.6 Å². The van der Waals surface area contributed by atoms with E-state index < -0.39 is 11.4 Å². The first kappa shape index (κ1) is 23.9. The number of hydrogen-bond acceptors (Lipinski definition) is 5. The second kappa shape index (κ2) is 9.20. The van der Waals surface area contributed by atoms with Gasteiger partial charge < -0.3 is 19.1 Å². The van der Waals surface area contributed by atoms with E-state index in [1.165, 1.54) is 7.11 Å². The third kappa shape index (κ3) is 3.87. The third-order valence-corrected chi connectivity index (χ3v) is 6.77. The number of halogens is 2. The Labute approximate surface area is 207 Å². The van der Waals surface area contributed by atoms with Gasteiger partial charge in [0, 0.05) is 27.4 Å². The second-order valence-corrected chi connectivity index (χ2v) is 8.89. The Kier molecular flexibility index (Phi) is 6.47. The standard InChI is InChI=1S/C26H23Cl2NO5/c1-26(19-11-15(24(30)34-4)6-9-21(19)28)20-12-17(27)7-10-22(20)29(25(26)31)14-16-5-8-18(32-2)13-23(16)33-3/h5-13H,14H2,1-4H3. The predicted molar refractivity (Wildman–Crippen MR) is 131 cm³/mol. The number of anilines is 1. The molecule has 0 N–H and O–H groups in total. The molecule has 0 fully saturated rings. The molecule has 0 radical (unpaired) electrons. The van der Waals surface area contributed by atoms with Gasteiger partial charge in [-0.25, -0.2) is 4.79 Å². The number of esters is 1. The lowest BCUT2D eigenvalue weighted by Crippen LogP contribution is -2.39. The summed E-state index contributed by atoms with van der Waals surface area (Å²) in [5.41, 5.74) is 1.82. The number of nitrogens with zero attached hydrogens (tertiary/aromatic N) is 1. The van der Waals surface area contributed by atoms with E-state index in [1.807, 2.05) is 18.2 Å². The average Bonchev–Trinajstić information content (AvgIpc) is 3.05. The lowest BCUT2D eigenvalue weighted by atomic mass is 9.76. The molecule has 0 aliphatic carbocycles. The predicted octanol–water partition coefficient (Wildman–Crippen LogP) is 5.65. The van der Waals surface area contributed by atoms with Crippen LogP contribution in [0.25, 0.3) is 0 Å². The molecule has 1 amide bonds. The van der Waals surface area contributed by atoms with E-state index in [-0.39, 0.29) is 12.5 Å². The smallest absolute Gasteiger partial charge is 0.337 e. The molecule has 0 aromatic heterocycles. The summed E-state index contributed by atoms with van der Waals surface area (Å²) in [7, 11) is 4.45. The van der Waals surface area contributed by atoms with Crippen LogP contribution in [0, 0.1) is 0 Å². The molecule has 0 saturated heterocycles. The van der Waals surface area contributed by atoms with Crippen LogP contribution >= 0.6 is 23.2 Å². The number of methoxy groups -OCH3 is 3. The summed E-state index contributed by atoms with van der Waals surface area (Å²) in [6.07, 6.45) is 0. The molecule has 1 unspecified atom stereocenters. The van der Waals surface area contributed by atoms with E-state index >= 15 is 0 Å². The topological polar surface area (TPSA) is 65.1 Å². The number of hydrogen-bond donors (Lipinski definition) is 0. The summed E-state index contributed by atoms with van der Waals surface area (Å²) in [6.45, 7) is 2.04. The molecular weight excluding hydrogens is 477 g/mol. The van der Waals surface area contributed by atoms with E-state index in [0.29, 0.717) is 43.9 Å². The Morgan fingerprint density at radius 3 is 2.38 bits per heavy atom. The number of carbonyl (C=O) groups is 2. The van der Waals surface area contributed by atoms with Crippen molar-refractivity contribution in [2.24, 2.45) is 0 Å². The van der Waals surface area contributed by atoms with Gasteiger partial charge in [-0.15, -0.1) is 0 Å². The zero-order valence-corrected chi connectivity index (χ0v) is 20.7. The van der Waals surface area contributed by atoms with Gasteiger partial charge in [0.05, 0.1) is 33.4 Å². The molecule has 4 rings (SSSR count). The van der Waals surface area contributed by atoms with E-state index in [2.05, 4.69) is 0 Å². The van der Waals surface area contributed by atoms with E-state index in [1.54, 1.807) is 62.4 Å². The van der Waals surface area contributed by atoms with Crippen LogP contribution in [-0.2, 0) is 21.5 Å². The van der Waals surface area contributed by atoms with Gasteiger partial charge in [0.2, 0.25) is 5.91 Å². The molecular formula is C26H23Cl2NO5. The summed E-state index contributed by atoms with van der Waals surface area (Å²) in [6, 6.07) is 15.5. The Morgan fingerprint density at radius 1 is 0.941 bits per heavy atom. The van der Waals surface area contributed by atoms with Crippen LogP contribution in [0.4, 0.5) is 5.69 Å². The third-order valence-electron chi connectivity index (χ3n) is 6.21. The van der Waals surface area contributed by atoms with Gasteiger partial charge in [-0.3, -0.25) is 4.79 Å². The van der Waals surface area contributed by atoms with Gasteiger partial charge in [0.1, 0.15) is 16.9 Å². The van der Waals surface area contributed by atoms with Crippen molar-refractivity contribution >= 4 is 40.8 Å². The Balaban J connectivity index is 1.86. The molecule has 176 valence electrons. The molecule has 0 spiro atoms. The first-order valence-corrected chi connectivity index (χ1v) is 11.2. The fraction of sp³-hybridized carbons (Fsp3) is 0.231. The maximum Gasteiger partial charge on any atom is 0.337 e. The number of rotatable bonds is 6. The molecule has 0 bridgehead atoms. The molecule has 6 nitrogen and oxygen atoms in total. The Bertz CT molecular complexity index is 1290. The van der Waals surface area contributed by atoms with Crippen LogP contribution < -0.4 is 14.4 Å². The fourth-order valence-electron chi connectivity index (χ4n) is 4.36. The monoisotopic (exact) mass is 499 g/mol. The largest absolute Gasteiger partial charge is 0.497 e. The Morgan fingerprint density at radius 2 is 1.71 bits per heavy atom. The maximum atomic E-state index is 14.1. The minimum Gasteiger partial charge on any atom is -0.497 e. The zero-order valence-electron chi connectivity index (χ0n) is 19.1. The van der Waals surface area contributed by atoms with Crippen molar-refractivity contribution in [1.82, 2.24) is 0 Å². The molecule has 1 atom stereocenters. The van der Waals surface area contributed by atoms with Crippen molar-refractivity contribution < 1.29 is 23.8 Å². The highest BCUT2D eigenvalue weighted by molar-refractivity contribution is 6.33. The van der Waals surface area contributed by atoms with Gasteiger partial charge >= 0.3 is 5.97 Å². The van der Waals surface area contributed by atoms with Crippen LogP contribution in [0.1, 0.15) is 34.0 Å². The lowest BCUT2D eigenvalue weighted by Gasteiger charge is -2.27. The fourth-order valence-corrected chi connectivity index (χ4v) is 4.84. The van der Waals surface area contributed by atoms with Crippen molar-refractivity contribution in [1.29, 1.82) is 0 Å². The molecule has 1 aliphatic rings. The van der Waals surface area contributed by atoms with Gasteiger partial charge in [-0.1, -0.05) is 23.2 Å². The zero-order chi connectivity index (χ0) is 24.6. The van der Waals surface area contributed by atoms with Crippen LogP contribution in [0.2, 0.25) is 10.0 Å². The van der Waals surface area contributed by atoms with Crippen molar-refractivity contribution in [2.45, 2.75) is 18.9 Å². The summed E-state index contributed by atoms with van der Waals surface area (Å²) >= 11 is 12.9. The van der Waals surface area contributed by atoms with Crippen LogP contribution in [0.5, 0.6) is 11.5 Å². The molecule has 8 heteroatoms. The minimum atomic E-state index is -1.18. The SMILES string of the molecule is COC(=O)c1ccc(Cl)c(C2(C)C(=O)N(Cc3ccc(OC)cc3OC)c3ccc(Cl)cc32)c1. The Hall–Kier alpha value is -3.22. The maximum absolute atomic E-state index is 14.1. The van der Waals surface area contributed by atoms with E-state index in [4.69, 9.17) is 37.4 Å². The normalized spacial score (nSPS) is 16.9. The highest BCUT2D eigenvalue weighted by Crippen LogP contribution is 2.49. The molecule has 1 aliphatic heterocycles. The number of carbonyl (C=O) groups excluding carboxylic acids is 2. The molecule has 3 aromatic carbocycles. The molecule has 3 aromatic rings. The number of fused-ring (bicyclic) bond motifs is 1. The molecule has 34 heavy (non-hydrogen) atoms. The lowest BCUT2D eigenvalue weighted by molar-refractivity contribution is -0.121. The molecule has 1 heterocycles. The van der Waals surface area contributed by atoms with Gasteiger partial charge in [-0.2, -0.15) is 0 Å². The number of benzene rings is 3. The van der Waals surface area contributed by atoms with Gasteiger partial charge in [0.15, 0.2) is 0 Å². The van der Waals surface area contributed by atoms with Crippen molar-refractivity contribution in [2.75, 3.05) is 26.2 Å². The van der Waals surface area contributed by atoms with Gasteiger partial charge in [-0.05, 0) is 66.6 Å². The van der Waals surface area contributed by atoms with Crippen molar-refractivity contribution in [3.63, 3.8) is 0 Å². The number of amides is 1. The average molecular weight is 500 g/mol. The summed E-state index contributed by atoms with van der Waals surface area (Å²) in [5.74, 6) is 0.531. The summed E-state index contributed by atoms with van der Waals surface area (Å²) in [4.78, 5) is 27.9. The van der Waals surface area contributed by atoms with Gasteiger partial charge in [0.25, 0.3) is 0 Å². The van der Waals surface area contributed by atoms with E-state index in [9.17, 15) is 9.59 Å². The first-order chi connectivity index (χ1) is 16.2. The van der Waals surface area contributed by atoms with Crippen LogP contribution in [-0.4, -0.2) is 33.2 Å². The summed E-state index contributed by atoms with van der Waals surface area (Å²) < 4.78 is 15.7. The van der Waals surface area contributed by atoms with Crippen molar-refractivity contribution in [3.8, 4) is 11.5 Å². The minimum absolute atomic E-state index is 0.202. The van der Waals surface area contributed by atoms with Crippen LogP contribution in [0.3, 0.4) is 0 Å². The first-order valence-electron chi connectivity index (χ1n) is 10.5. The van der Waals surface area contributed by atoms with Crippen molar-refractivity contribution in [3.05, 3.63) is 86.9 Å². The summed E-state index contributed by atoms with van der Waals surface area (Å²) in [5, 5.41) is 0.847. The van der Waals surface area contributed by atoms with E-state index in [0.717, 1.165) is 5.56 Å². The quantitative estimate of drug-likeness (QED) is 0.410.